The minimum Gasteiger partial charge on any atom is -0.486 e. The maximum absolute atomic E-state index is 14.0. The second-order valence-corrected chi connectivity index (χ2v) is 6.11. The van der Waals surface area contributed by atoms with Crippen molar-refractivity contribution in [2.45, 2.75) is 52.7 Å². The molecule has 1 aliphatic carbocycles. The van der Waals surface area contributed by atoms with Gasteiger partial charge in [0, 0.05) is 6.04 Å². The average Bonchev–Trinajstić information content (AvgIpc) is 2.63. The molecular weight excluding hydrogens is 241 g/mol. The van der Waals surface area contributed by atoms with Crippen molar-refractivity contribution in [2.24, 2.45) is 5.41 Å². The van der Waals surface area contributed by atoms with Gasteiger partial charge in [-0.25, -0.2) is 4.39 Å². The quantitative estimate of drug-likeness (QED) is 0.896. The van der Waals surface area contributed by atoms with Crippen LogP contribution in [0.1, 0.15) is 39.2 Å². The summed E-state index contributed by atoms with van der Waals surface area (Å²) in [6.07, 6.45) is 2.12. The maximum atomic E-state index is 14.0. The molecule has 106 valence electrons. The van der Waals surface area contributed by atoms with Gasteiger partial charge in [0.2, 0.25) is 0 Å². The molecule has 2 atom stereocenters. The first-order valence-corrected chi connectivity index (χ1v) is 7.11. The molecule has 2 rings (SSSR count). The number of hydrogen-bond acceptors (Lipinski definition) is 2. The number of ether oxygens (including phenoxy) is 1. The van der Waals surface area contributed by atoms with Crippen LogP contribution >= 0.6 is 0 Å². The summed E-state index contributed by atoms with van der Waals surface area (Å²) in [6, 6.07) is 5.60. The Kier molecular flexibility index (Phi) is 4.14. The van der Waals surface area contributed by atoms with E-state index in [4.69, 9.17) is 4.74 Å². The van der Waals surface area contributed by atoms with E-state index in [0.29, 0.717) is 11.3 Å². The van der Waals surface area contributed by atoms with Gasteiger partial charge in [0.15, 0.2) is 11.6 Å². The fraction of sp³-hybridized carbons (Fsp3) is 0.625. The summed E-state index contributed by atoms with van der Waals surface area (Å²) in [5.41, 5.74) is 0.829. The third-order valence-electron chi connectivity index (χ3n) is 4.15. The summed E-state index contributed by atoms with van der Waals surface area (Å²) < 4.78 is 20.0. The van der Waals surface area contributed by atoms with Crippen LogP contribution < -0.4 is 10.1 Å². The van der Waals surface area contributed by atoms with E-state index in [1.54, 1.807) is 19.1 Å². The molecule has 0 aromatic heterocycles. The number of nitrogens with one attached hydrogen (secondary N) is 1. The SMILES string of the molecule is CCNC1C(Oc2cccc(C)c2F)CCC1(C)C. The normalized spacial score (nSPS) is 25.5. The highest BCUT2D eigenvalue weighted by Crippen LogP contribution is 2.39. The molecule has 2 unspecified atom stereocenters. The topological polar surface area (TPSA) is 21.3 Å². The van der Waals surface area contributed by atoms with Gasteiger partial charge in [-0.15, -0.1) is 0 Å². The van der Waals surface area contributed by atoms with Gasteiger partial charge in [-0.05, 0) is 43.4 Å². The number of likely N-dealkylation sites (N-methyl/N-ethyl adjacent to an activating group) is 1. The van der Waals surface area contributed by atoms with Crippen molar-refractivity contribution >= 4 is 0 Å². The van der Waals surface area contributed by atoms with E-state index in [0.717, 1.165) is 19.4 Å². The lowest BCUT2D eigenvalue weighted by atomic mass is 9.87. The summed E-state index contributed by atoms with van der Waals surface area (Å²) in [4.78, 5) is 0. The second kappa shape index (κ2) is 5.49. The minimum atomic E-state index is -0.234. The van der Waals surface area contributed by atoms with Crippen molar-refractivity contribution in [1.29, 1.82) is 0 Å². The molecule has 0 spiro atoms. The number of halogens is 1. The van der Waals surface area contributed by atoms with Crippen molar-refractivity contribution in [2.75, 3.05) is 6.54 Å². The predicted molar refractivity (Wildman–Crippen MR) is 76.0 cm³/mol. The van der Waals surface area contributed by atoms with Crippen molar-refractivity contribution < 1.29 is 9.13 Å². The first-order chi connectivity index (χ1) is 8.95. The molecule has 1 N–H and O–H groups in total. The Morgan fingerprint density at radius 3 is 2.84 bits per heavy atom. The summed E-state index contributed by atoms with van der Waals surface area (Å²) in [7, 11) is 0. The third-order valence-corrected chi connectivity index (χ3v) is 4.15. The molecule has 0 bridgehead atoms. The zero-order valence-electron chi connectivity index (χ0n) is 12.3. The molecule has 0 heterocycles. The Balaban J connectivity index is 2.16. The predicted octanol–water partition coefficient (Wildman–Crippen LogP) is 3.68. The lowest BCUT2D eigenvalue weighted by Crippen LogP contribution is -2.46. The summed E-state index contributed by atoms with van der Waals surface area (Å²) in [5, 5.41) is 3.49. The van der Waals surface area contributed by atoms with Crippen molar-refractivity contribution in [1.82, 2.24) is 5.32 Å². The second-order valence-electron chi connectivity index (χ2n) is 6.11. The van der Waals surface area contributed by atoms with Crippen LogP contribution in [0.4, 0.5) is 4.39 Å². The van der Waals surface area contributed by atoms with Gasteiger partial charge >= 0.3 is 0 Å². The lowest BCUT2D eigenvalue weighted by molar-refractivity contribution is 0.136. The molecule has 0 saturated heterocycles. The van der Waals surface area contributed by atoms with Gasteiger partial charge in [-0.3, -0.25) is 0 Å². The van der Waals surface area contributed by atoms with E-state index in [-0.39, 0.29) is 23.4 Å². The third kappa shape index (κ3) is 2.92. The van der Waals surface area contributed by atoms with E-state index in [2.05, 4.69) is 26.1 Å². The standard InChI is InChI=1S/C16H24FNO/c1-5-18-15-13(9-10-16(15,3)4)19-12-8-6-7-11(2)14(12)17/h6-8,13,15,18H,5,9-10H2,1-4H3. The molecule has 1 aromatic rings. The number of rotatable bonds is 4. The molecule has 2 nitrogen and oxygen atoms in total. The van der Waals surface area contributed by atoms with E-state index in [1.807, 2.05) is 6.07 Å². The van der Waals surface area contributed by atoms with Crippen molar-refractivity contribution in [3.63, 3.8) is 0 Å². The van der Waals surface area contributed by atoms with Crippen LogP contribution in [-0.4, -0.2) is 18.7 Å². The Bertz CT molecular complexity index is 444. The maximum Gasteiger partial charge on any atom is 0.167 e. The smallest absolute Gasteiger partial charge is 0.167 e. The zero-order valence-corrected chi connectivity index (χ0v) is 12.3. The average molecular weight is 265 g/mol. The van der Waals surface area contributed by atoms with Gasteiger partial charge in [-0.1, -0.05) is 32.9 Å². The molecule has 1 fully saturated rings. The minimum absolute atomic E-state index is 0.0475. The van der Waals surface area contributed by atoms with E-state index in [1.165, 1.54) is 0 Å². The molecular formula is C16H24FNO. The molecule has 0 radical (unpaired) electrons. The van der Waals surface area contributed by atoms with Crippen LogP contribution in [0.3, 0.4) is 0 Å². The number of aryl methyl sites for hydroxylation is 1. The molecule has 1 aromatic carbocycles. The molecule has 1 aliphatic rings. The van der Waals surface area contributed by atoms with Gasteiger partial charge < -0.3 is 10.1 Å². The highest BCUT2D eigenvalue weighted by atomic mass is 19.1. The van der Waals surface area contributed by atoms with Gasteiger partial charge in [-0.2, -0.15) is 0 Å². The van der Waals surface area contributed by atoms with Crippen molar-refractivity contribution in [3.8, 4) is 5.75 Å². The summed E-state index contributed by atoms with van der Waals surface area (Å²) in [6.45, 7) is 9.26. The first kappa shape index (κ1) is 14.3. The van der Waals surface area contributed by atoms with Crippen LogP contribution in [0, 0.1) is 18.2 Å². The Morgan fingerprint density at radius 1 is 1.42 bits per heavy atom. The van der Waals surface area contributed by atoms with Crippen LogP contribution in [0.15, 0.2) is 18.2 Å². The zero-order chi connectivity index (χ0) is 14.0. The monoisotopic (exact) mass is 265 g/mol. The van der Waals surface area contributed by atoms with Gasteiger partial charge in [0.1, 0.15) is 6.10 Å². The molecule has 0 aliphatic heterocycles. The van der Waals surface area contributed by atoms with Gasteiger partial charge in [0.05, 0.1) is 0 Å². The summed E-state index contributed by atoms with van der Waals surface area (Å²) >= 11 is 0. The summed E-state index contributed by atoms with van der Waals surface area (Å²) in [5.74, 6) is 0.146. The molecule has 0 amide bonds. The highest BCUT2D eigenvalue weighted by Gasteiger charge is 2.43. The highest BCUT2D eigenvalue weighted by molar-refractivity contribution is 5.30. The van der Waals surface area contributed by atoms with E-state index >= 15 is 0 Å². The lowest BCUT2D eigenvalue weighted by Gasteiger charge is -2.31. The van der Waals surface area contributed by atoms with Crippen LogP contribution in [-0.2, 0) is 0 Å². The Labute approximate surface area is 115 Å². The fourth-order valence-electron chi connectivity index (χ4n) is 2.97. The fourth-order valence-corrected chi connectivity index (χ4v) is 2.97. The Hall–Kier alpha value is -1.09. The number of benzene rings is 1. The van der Waals surface area contributed by atoms with Crippen LogP contribution in [0.25, 0.3) is 0 Å². The van der Waals surface area contributed by atoms with Crippen LogP contribution in [0.2, 0.25) is 0 Å². The molecule has 3 heteroatoms. The van der Waals surface area contributed by atoms with Crippen LogP contribution in [0.5, 0.6) is 5.75 Å². The molecule has 19 heavy (non-hydrogen) atoms. The van der Waals surface area contributed by atoms with E-state index < -0.39 is 0 Å². The molecule has 1 saturated carbocycles. The van der Waals surface area contributed by atoms with Crippen molar-refractivity contribution in [3.05, 3.63) is 29.6 Å². The van der Waals surface area contributed by atoms with E-state index in [9.17, 15) is 4.39 Å². The largest absolute Gasteiger partial charge is 0.486 e. The number of hydrogen-bond donors (Lipinski definition) is 1. The first-order valence-electron chi connectivity index (χ1n) is 7.11. The Morgan fingerprint density at radius 2 is 2.16 bits per heavy atom. The van der Waals surface area contributed by atoms with Gasteiger partial charge in [0.25, 0.3) is 0 Å².